The van der Waals surface area contributed by atoms with Crippen molar-refractivity contribution in [3.05, 3.63) is 12.2 Å². The van der Waals surface area contributed by atoms with Crippen LogP contribution in [-0.4, -0.2) is 142 Å². The highest BCUT2D eigenvalue weighted by atomic mass is 16.8. The molecule has 3 aliphatic heterocycles. The highest BCUT2D eigenvalue weighted by Crippen LogP contribution is 2.77. The number of amides is 1. The van der Waals surface area contributed by atoms with Crippen molar-refractivity contribution < 1.29 is 54.4 Å². The Kier molecular flexibility index (Phi) is 13.1. The number of nitrogens with zero attached hydrogens (tertiary/aromatic N) is 1. The number of carbonyl (C=O) groups is 1. The number of likely N-dealkylation sites (tertiary alicyclic amines) is 1. The van der Waals surface area contributed by atoms with Gasteiger partial charge in [0.15, 0.2) is 12.6 Å². The second kappa shape index (κ2) is 17.2. The normalized spacial score (nSPS) is 52.4. The third kappa shape index (κ3) is 7.42. The second-order valence-corrected chi connectivity index (χ2v) is 22.4. The third-order valence-corrected chi connectivity index (χ3v) is 19.6. The van der Waals surface area contributed by atoms with Gasteiger partial charge < -0.3 is 59.8 Å². The van der Waals surface area contributed by atoms with Crippen molar-refractivity contribution in [1.29, 1.82) is 0 Å². The molecule has 13 nitrogen and oxygen atoms in total. The number of fused-ring (bicyclic) bond motifs is 7. The molecule has 61 heavy (non-hydrogen) atoms. The van der Waals surface area contributed by atoms with Crippen LogP contribution in [0.25, 0.3) is 0 Å². The number of aliphatic hydroxyl groups excluding tert-OH is 6. The zero-order valence-corrected chi connectivity index (χ0v) is 38.0. The third-order valence-electron chi connectivity index (χ3n) is 19.6. The topological polar surface area (TPSA) is 191 Å². The highest BCUT2D eigenvalue weighted by molar-refractivity contribution is 5.84. The molecule has 13 heteroatoms. The zero-order valence-electron chi connectivity index (χ0n) is 38.0. The van der Waals surface area contributed by atoms with E-state index in [4.69, 9.17) is 18.9 Å². The van der Waals surface area contributed by atoms with Crippen molar-refractivity contribution >= 4 is 5.91 Å². The van der Waals surface area contributed by atoms with Gasteiger partial charge in [0.1, 0.15) is 36.6 Å². The van der Waals surface area contributed by atoms with Gasteiger partial charge in [-0.3, -0.25) is 4.79 Å². The number of rotatable bonds is 11. The molecule has 8 rings (SSSR count). The first kappa shape index (κ1) is 46.3. The van der Waals surface area contributed by atoms with Crippen molar-refractivity contribution in [2.24, 2.45) is 56.7 Å². The minimum absolute atomic E-state index is 0.0353. The van der Waals surface area contributed by atoms with Crippen LogP contribution in [0.3, 0.4) is 0 Å². The van der Waals surface area contributed by atoms with Gasteiger partial charge in [-0.1, -0.05) is 39.8 Å². The summed E-state index contributed by atoms with van der Waals surface area (Å²) in [6, 6.07) is 0. The maximum absolute atomic E-state index is 14.6. The number of ether oxygens (including phenoxy) is 4. The van der Waals surface area contributed by atoms with Crippen LogP contribution < -0.4 is 5.32 Å². The number of nitrogens with one attached hydrogen (secondary N) is 1. The van der Waals surface area contributed by atoms with Crippen LogP contribution in [0.1, 0.15) is 125 Å². The summed E-state index contributed by atoms with van der Waals surface area (Å²) in [5, 5.41) is 68.2. The fourth-order valence-corrected chi connectivity index (χ4v) is 15.9. The molecular formula is C48H80N2O11. The monoisotopic (exact) mass is 861 g/mol. The molecule has 8 fully saturated rings. The molecule has 0 unspecified atom stereocenters. The number of hydrogen-bond donors (Lipinski definition) is 7. The van der Waals surface area contributed by atoms with Crippen LogP contribution >= 0.6 is 0 Å². The molecule has 0 aromatic carbocycles. The highest BCUT2D eigenvalue weighted by Gasteiger charge is 2.72. The van der Waals surface area contributed by atoms with E-state index in [0.29, 0.717) is 24.2 Å². The van der Waals surface area contributed by atoms with Gasteiger partial charge in [0.05, 0.1) is 30.8 Å². The Morgan fingerprint density at radius 3 is 2.26 bits per heavy atom. The molecule has 0 radical (unpaired) electrons. The molecule has 7 N–H and O–H groups in total. The van der Waals surface area contributed by atoms with E-state index in [1.807, 2.05) is 0 Å². The van der Waals surface area contributed by atoms with E-state index in [9.17, 15) is 35.4 Å². The van der Waals surface area contributed by atoms with Crippen molar-refractivity contribution in [1.82, 2.24) is 10.2 Å². The Labute approximate surface area is 364 Å². The van der Waals surface area contributed by atoms with Gasteiger partial charge in [0.25, 0.3) is 0 Å². The molecule has 0 bridgehead atoms. The van der Waals surface area contributed by atoms with Crippen molar-refractivity contribution in [2.45, 2.75) is 186 Å². The largest absolute Gasteiger partial charge is 0.396 e. The van der Waals surface area contributed by atoms with Crippen LogP contribution in [0.5, 0.6) is 0 Å². The fourth-order valence-electron chi connectivity index (χ4n) is 15.9. The average molecular weight is 861 g/mol. The molecule has 348 valence electrons. The van der Waals surface area contributed by atoms with Crippen LogP contribution in [0.2, 0.25) is 0 Å². The van der Waals surface area contributed by atoms with Gasteiger partial charge in [-0.15, -0.1) is 0 Å². The first-order chi connectivity index (χ1) is 28.9. The molecule has 3 saturated heterocycles. The summed E-state index contributed by atoms with van der Waals surface area (Å²) in [7, 11) is 0. The quantitative estimate of drug-likeness (QED) is 0.0904. The van der Waals surface area contributed by atoms with Crippen LogP contribution in [0.4, 0.5) is 0 Å². The summed E-state index contributed by atoms with van der Waals surface area (Å²) in [6.45, 7) is 21.9. The first-order valence-corrected chi connectivity index (χ1v) is 24.1. The SMILES string of the molecule is C=C(C)[C@@H]1CC[C@]2(C(=O)NCCCN3CCCC3)CC[C@]3(C)[C@H](CC[C@@H]4[C@@]5(C)CC[C@H](O[C@@H]6OC[C@H](O)[C@H](O)[C@H]6O[C@@H]6O[C@@H](C)[C@H](O)[C@@H](O)[C@H]6O)[C@@](C)(CO)[C@@H]5CC[C@]43C)[C@@H]12. The van der Waals surface area contributed by atoms with Gasteiger partial charge >= 0.3 is 0 Å². The Hall–Kier alpha value is -1.23. The second-order valence-electron chi connectivity index (χ2n) is 22.4. The van der Waals surface area contributed by atoms with Crippen LogP contribution in [0, 0.1) is 56.7 Å². The molecule has 1 amide bonds. The predicted molar refractivity (Wildman–Crippen MR) is 228 cm³/mol. The molecule has 5 aliphatic carbocycles. The van der Waals surface area contributed by atoms with Crippen molar-refractivity contribution in [3.8, 4) is 0 Å². The molecule has 0 spiro atoms. The van der Waals surface area contributed by atoms with Gasteiger partial charge in [-0.2, -0.15) is 0 Å². The average Bonchev–Trinajstić information content (AvgIpc) is 3.91. The minimum atomic E-state index is -1.61. The van der Waals surface area contributed by atoms with Gasteiger partial charge in [-0.05, 0) is 163 Å². The lowest BCUT2D eigenvalue weighted by Crippen LogP contribution is -2.68. The molecular weight excluding hydrogens is 781 g/mol. The molecule has 3 heterocycles. The van der Waals surface area contributed by atoms with Crippen LogP contribution in [-0.2, 0) is 23.7 Å². The van der Waals surface area contributed by atoms with E-state index < -0.39 is 66.8 Å². The summed E-state index contributed by atoms with van der Waals surface area (Å²) < 4.78 is 24.6. The lowest BCUT2D eigenvalue weighted by Gasteiger charge is -2.73. The smallest absolute Gasteiger partial charge is 0.226 e. The standard InChI is InChI=1S/C48H80N2O11/c1-27(2)29-13-18-48(43(57)49-21-10-24-50-22-8-9-23-50)20-19-46(6)30(35(29)48)11-12-33-44(4)16-15-34(45(5,26-51)32(44)14-17-47(33,46)7)60-42-40(37(54)31(52)25-58-42)61-41-39(56)38(55)36(53)28(3)59-41/h28-42,51-56H,1,8-26H2,2-7H3,(H,49,57)/t28-,29-,30+,31-,32+,33+,34-,35+,36-,37-,38+,39+,40+,41-,42-,44-,45-,46+,47+,48-/m0/s1. The van der Waals surface area contributed by atoms with Gasteiger partial charge in [-0.25, -0.2) is 0 Å². The Morgan fingerprint density at radius 1 is 0.820 bits per heavy atom. The number of hydrogen-bond acceptors (Lipinski definition) is 12. The Bertz CT molecular complexity index is 1600. The number of allylic oxidation sites excluding steroid dienone is 1. The van der Waals surface area contributed by atoms with E-state index in [2.05, 4.69) is 51.4 Å². The summed E-state index contributed by atoms with van der Waals surface area (Å²) in [4.78, 5) is 17.1. The first-order valence-electron chi connectivity index (χ1n) is 24.1. The number of aliphatic hydroxyl groups is 6. The lowest BCUT2D eigenvalue weighted by molar-refractivity contribution is -0.366. The molecule has 8 aliphatic rings. The Morgan fingerprint density at radius 2 is 1.56 bits per heavy atom. The fraction of sp³-hybridized carbons (Fsp3) is 0.938. The van der Waals surface area contributed by atoms with E-state index >= 15 is 0 Å². The minimum Gasteiger partial charge on any atom is -0.396 e. The van der Waals surface area contributed by atoms with Crippen molar-refractivity contribution in [2.75, 3.05) is 39.4 Å². The zero-order chi connectivity index (χ0) is 43.9. The predicted octanol–water partition coefficient (Wildman–Crippen LogP) is 3.89. The Balaban J connectivity index is 1.00. The molecule has 5 saturated carbocycles. The summed E-state index contributed by atoms with van der Waals surface area (Å²) in [5.41, 5.74) is 0.205. The van der Waals surface area contributed by atoms with Gasteiger partial charge in [0.2, 0.25) is 5.91 Å². The molecule has 0 aromatic rings. The van der Waals surface area contributed by atoms with Crippen molar-refractivity contribution in [3.63, 3.8) is 0 Å². The van der Waals surface area contributed by atoms with E-state index in [1.54, 1.807) is 6.92 Å². The summed E-state index contributed by atoms with van der Waals surface area (Å²) >= 11 is 0. The molecule has 20 atom stereocenters. The van der Waals surface area contributed by atoms with E-state index in [-0.39, 0.29) is 52.6 Å². The molecule has 0 aromatic heterocycles. The van der Waals surface area contributed by atoms with Gasteiger partial charge in [0, 0.05) is 12.0 Å². The maximum Gasteiger partial charge on any atom is 0.226 e. The lowest BCUT2D eigenvalue weighted by atomic mass is 9.32. The summed E-state index contributed by atoms with van der Waals surface area (Å²) in [5.74, 6) is 1.89. The van der Waals surface area contributed by atoms with E-state index in [1.165, 1.54) is 31.5 Å². The van der Waals surface area contributed by atoms with Crippen LogP contribution in [0.15, 0.2) is 12.2 Å². The van der Waals surface area contributed by atoms with E-state index in [0.717, 1.165) is 77.3 Å². The number of carbonyl (C=O) groups excluding carboxylic acids is 1. The summed E-state index contributed by atoms with van der Waals surface area (Å²) in [6.07, 6.45) is 0.747. The maximum atomic E-state index is 14.6.